The highest BCUT2D eigenvalue weighted by atomic mass is 35.5. The summed E-state index contributed by atoms with van der Waals surface area (Å²) in [4.78, 5) is 11.8. The number of rotatable bonds is 11. The Morgan fingerprint density at radius 3 is 2.69 bits per heavy atom. The lowest BCUT2D eigenvalue weighted by atomic mass is 10.1. The molecular weight excluding hydrogens is 428 g/mol. The molecule has 0 aliphatic carbocycles. The summed E-state index contributed by atoms with van der Waals surface area (Å²) in [6, 6.07) is 17.1. The first-order valence-electron chi connectivity index (χ1n) is 10.4. The van der Waals surface area contributed by atoms with E-state index in [1.807, 2.05) is 54.6 Å². The quantitative estimate of drug-likeness (QED) is 0.300. The molecule has 0 saturated heterocycles. The number of hydrogen-bond acceptors (Lipinski definition) is 6. The highest BCUT2D eigenvalue weighted by Gasteiger charge is 2.13. The number of imidazole rings is 1. The van der Waals surface area contributed by atoms with Crippen LogP contribution in [0.2, 0.25) is 5.02 Å². The van der Waals surface area contributed by atoms with Crippen molar-refractivity contribution in [3.05, 3.63) is 83.4 Å². The van der Waals surface area contributed by atoms with Gasteiger partial charge in [0.05, 0.1) is 18.5 Å². The molecule has 2 heterocycles. The summed E-state index contributed by atoms with van der Waals surface area (Å²) in [5.74, 6) is 1.31. The van der Waals surface area contributed by atoms with Crippen LogP contribution in [-0.2, 0) is 13.0 Å². The van der Waals surface area contributed by atoms with Gasteiger partial charge in [0.25, 0.3) is 0 Å². The van der Waals surface area contributed by atoms with E-state index in [1.54, 1.807) is 12.5 Å². The van der Waals surface area contributed by atoms with Crippen LogP contribution in [0.15, 0.2) is 67.1 Å². The molecule has 8 heteroatoms. The molecule has 0 fully saturated rings. The van der Waals surface area contributed by atoms with Crippen LogP contribution in [0.1, 0.15) is 11.3 Å². The van der Waals surface area contributed by atoms with Gasteiger partial charge in [-0.15, -0.1) is 0 Å². The van der Waals surface area contributed by atoms with Gasteiger partial charge in [0.1, 0.15) is 19.0 Å². The number of aromatic nitrogens is 3. The number of ether oxygens (including phenoxy) is 2. The second-order valence-corrected chi connectivity index (χ2v) is 7.78. The van der Waals surface area contributed by atoms with E-state index < -0.39 is 0 Å². The van der Waals surface area contributed by atoms with Crippen molar-refractivity contribution in [2.24, 2.45) is 0 Å². The minimum atomic E-state index is -0.134. The van der Waals surface area contributed by atoms with E-state index in [4.69, 9.17) is 21.1 Å². The van der Waals surface area contributed by atoms with Crippen molar-refractivity contribution in [3.8, 4) is 11.6 Å². The standard InChI is InChI=1S/C24H25ClN4O3/c25-19-7-6-17-10-18(13-27-21(15-30)12-20-14-26-16-28-20)24(29-23(17)11-19)32-9-8-31-22-4-2-1-3-5-22/h1-7,10-11,14,16,21,27,30H,8-9,12-13,15H2,(H,26,28)/t21-/m0/s1. The van der Waals surface area contributed by atoms with Gasteiger partial charge < -0.3 is 24.9 Å². The zero-order valence-electron chi connectivity index (χ0n) is 17.5. The van der Waals surface area contributed by atoms with E-state index in [0.717, 1.165) is 27.9 Å². The van der Waals surface area contributed by atoms with Gasteiger partial charge >= 0.3 is 0 Å². The van der Waals surface area contributed by atoms with Gasteiger partial charge in [-0.25, -0.2) is 9.97 Å². The molecule has 0 unspecified atom stereocenters. The monoisotopic (exact) mass is 452 g/mol. The smallest absolute Gasteiger partial charge is 0.218 e. The maximum absolute atomic E-state index is 9.78. The van der Waals surface area contributed by atoms with Crippen LogP contribution in [0.4, 0.5) is 0 Å². The number of para-hydroxylation sites is 1. The fourth-order valence-corrected chi connectivity index (χ4v) is 3.52. The average Bonchev–Trinajstić information content (AvgIpc) is 3.33. The van der Waals surface area contributed by atoms with Gasteiger partial charge in [0.15, 0.2) is 0 Å². The molecule has 1 atom stereocenters. The van der Waals surface area contributed by atoms with Crippen molar-refractivity contribution in [2.75, 3.05) is 19.8 Å². The number of aliphatic hydroxyl groups is 1. The highest BCUT2D eigenvalue weighted by Crippen LogP contribution is 2.25. The Hall–Kier alpha value is -3.13. The predicted octanol–water partition coefficient (Wildman–Crippen LogP) is 3.76. The Bertz CT molecular complexity index is 1120. The van der Waals surface area contributed by atoms with Gasteiger partial charge in [-0.2, -0.15) is 0 Å². The lowest BCUT2D eigenvalue weighted by molar-refractivity contribution is 0.209. The number of nitrogens with zero attached hydrogens (tertiary/aromatic N) is 2. The molecule has 0 aliphatic heterocycles. The largest absolute Gasteiger partial charge is 0.490 e. The number of pyridine rings is 1. The number of aromatic amines is 1. The fraction of sp³-hybridized carbons (Fsp3) is 0.250. The third kappa shape index (κ3) is 5.97. The summed E-state index contributed by atoms with van der Waals surface area (Å²) in [5.41, 5.74) is 2.61. The molecular formula is C24H25ClN4O3. The Morgan fingerprint density at radius 1 is 1.06 bits per heavy atom. The van der Waals surface area contributed by atoms with Crippen molar-refractivity contribution in [1.29, 1.82) is 0 Å². The first-order chi connectivity index (χ1) is 15.7. The second kappa shape index (κ2) is 10.9. The molecule has 0 spiro atoms. The van der Waals surface area contributed by atoms with E-state index in [1.165, 1.54) is 0 Å². The zero-order valence-corrected chi connectivity index (χ0v) is 18.3. The summed E-state index contributed by atoms with van der Waals surface area (Å²) < 4.78 is 11.7. The Morgan fingerprint density at radius 2 is 1.91 bits per heavy atom. The van der Waals surface area contributed by atoms with Crippen LogP contribution in [0, 0.1) is 0 Å². The minimum Gasteiger partial charge on any atom is -0.490 e. The molecule has 2 aromatic heterocycles. The summed E-state index contributed by atoms with van der Waals surface area (Å²) in [6.45, 7) is 1.22. The fourth-order valence-electron chi connectivity index (χ4n) is 3.35. The number of nitrogens with one attached hydrogen (secondary N) is 2. The third-order valence-electron chi connectivity index (χ3n) is 4.98. The van der Waals surface area contributed by atoms with Crippen molar-refractivity contribution < 1.29 is 14.6 Å². The molecule has 3 N–H and O–H groups in total. The molecule has 2 aromatic carbocycles. The number of H-pyrrole nitrogens is 1. The lowest BCUT2D eigenvalue weighted by Gasteiger charge is -2.18. The minimum absolute atomic E-state index is 0.00323. The Kier molecular flexibility index (Phi) is 7.55. The van der Waals surface area contributed by atoms with E-state index in [0.29, 0.717) is 37.1 Å². The Labute approximate surface area is 191 Å². The van der Waals surface area contributed by atoms with E-state index in [-0.39, 0.29) is 12.6 Å². The van der Waals surface area contributed by atoms with Crippen LogP contribution in [0.3, 0.4) is 0 Å². The summed E-state index contributed by atoms with van der Waals surface area (Å²) in [7, 11) is 0. The van der Waals surface area contributed by atoms with Crippen LogP contribution in [0.5, 0.6) is 11.6 Å². The molecule has 0 saturated carbocycles. The van der Waals surface area contributed by atoms with Crippen LogP contribution >= 0.6 is 11.6 Å². The van der Waals surface area contributed by atoms with Crippen LogP contribution in [-0.4, -0.2) is 45.9 Å². The lowest BCUT2D eigenvalue weighted by Crippen LogP contribution is -2.34. The summed E-state index contributed by atoms with van der Waals surface area (Å²) in [5, 5.41) is 14.7. The molecule has 32 heavy (non-hydrogen) atoms. The number of halogens is 1. The topological polar surface area (TPSA) is 92.3 Å². The second-order valence-electron chi connectivity index (χ2n) is 7.34. The molecule has 4 rings (SSSR count). The maximum Gasteiger partial charge on any atom is 0.218 e. The number of benzene rings is 2. The van der Waals surface area contributed by atoms with Crippen LogP contribution < -0.4 is 14.8 Å². The zero-order chi connectivity index (χ0) is 22.2. The van der Waals surface area contributed by atoms with Gasteiger partial charge in [0.2, 0.25) is 5.88 Å². The van der Waals surface area contributed by atoms with Gasteiger partial charge in [-0.1, -0.05) is 35.9 Å². The molecule has 0 amide bonds. The molecule has 4 aromatic rings. The van der Waals surface area contributed by atoms with Crippen molar-refractivity contribution in [1.82, 2.24) is 20.3 Å². The van der Waals surface area contributed by atoms with Crippen molar-refractivity contribution >= 4 is 22.5 Å². The number of hydrogen-bond donors (Lipinski definition) is 3. The highest BCUT2D eigenvalue weighted by molar-refractivity contribution is 6.31. The number of aliphatic hydroxyl groups excluding tert-OH is 1. The molecule has 7 nitrogen and oxygen atoms in total. The van der Waals surface area contributed by atoms with Gasteiger partial charge in [-0.3, -0.25) is 0 Å². The van der Waals surface area contributed by atoms with E-state index in [9.17, 15) is 5.11 Å². The first-order valence-corrected chi connectivity index (χ1v) is 10.8. The van der Waals surface area contributed by atoms with E-state index >= 15 is 0 Å². The number of fused-ring (bicyclic) bond motifs is 1. The first kappa shape index (κ1) is 22.1. The third-order valence-corrected chi connectivity index (χ3v) is 5.21. The molecule has 0 aliphatic rings. The van der Waals surface area contributed by atoms with Crippen molar-refractivity contribution in [2.45, 2.75) is 19.0 Å². The van der Waals surface area contributed by atoms with Crippen LogP contribution in [0.25, 0.3) is 10.9 Å². The molecule has 0 radical (unpaired) electrons. The predicted molar refractivity (Wildman–Crippen MR) is 124 cm³/mol. The molecule has 166 valence electrons. The summed E-state index contributed by atoms with van der Waals surface area (Å²) in [6.07, 6.45) is 4.02. The molecule has 0 bridgehead atoms. The van der Waals surface area contributed by atoms with E-state index in [2.05, 4.69) is 20.3 Å². The normalized spacial score (nSPS) is 12.1. The maximum atomic E-state index is 9.78. The van der Waals surface area contributed by atoms with Gasteiger partial charge in [0, 0.05) is 46.9 Å². The average molecular weight is 453 g/mol. The van der Waals surface area contributed by atoms with Gasteiger partial charge in [-0.05, 0) is 30.3 Å². The van der Waals surface area contributed by atoms with Crippen molar-refractivity contribution in [3.63, 3.8) is 0 Å². The Balaban J connectivity index is 1.45. The summed E-state index contributed by atoms with van der Waals surface area (Å²) >= 11 is 6.15. The SMILES string of the molecule is OC[C@H](Cc1cnc[nH]1)NCc1cc2ccc(Cl)cc2nc1OCCOc1ccccc1.